The summed E-state index contributed by atoms with van der Waals surface area (Å²) in [6.07, 6.45) is 1.95. The Morgan fingerprint density at radius 1 is 1.07 bits per heavy atom. The van der Waals surface area contributed by atoms with Crippen LogP contribution in [0.25, 0.3) is 16.7 Å². The quantitative estimate of drug-likeness (QED) is 0.387. The first-order valence-electron chi connectivity index (χ1n) is 8.34. The maximum Gasteiger partial charge on any atom is 0.376 e. The van der Waals surface area contributed by atoms with Gasteiger partial charge in [-0.2, -0.15) is 0 Å². The molecule has 0 radical (unpaired) electrons. The van der Waals surface area contributed by atoms with Crippen molar-refractivity contribution in [1.82, 2.24) is 4.57 Å². The van der Waals surface area contributed by atoms with Crippen LogP contribution in [-0.4, -0.2) is 33.6 Å². The number of fused-ring (bicyclic) bond motifs is 1. The number of aliphatic carboxylic acids is 1. The van der Waals surface area contributed by atoms with Gasteiger partial charge in [0, 0.05) is 24.2 Å². The Bertz CT molecular complexity index is 1140. The van der Waals surface area contributed by atoms with Crippen LogP contribution in [0.5, 0.6) is 5.75 Å². The molecule has 0 atom stereocenters. The SMILES string of the molecule is COc1ccc(Cn2cc(/C(O)=C/C(=O)C(=O)O)c(=O)c3ccccc32)cc1. The molecule has 0 fully saturated rings. The Hall–Kier alpha value is -3.87. The lowest BCUT2D eigenvalue weighted by atomic mass is 10.1. The van der Waals surface area contributed by atoms with Gasteiger partial charge in [-0.3, -0.25) is 9.59 Å². The first-order chi connectivity index (χ1) is 13.4. The molecule has 0 bridgehead atoms. The summed E-state index contributed by atoms with van der Waals surface area (Å²) in [4.78, 5) is 34.8. The molecule has 7 heteroatoms. The zero-order valence-electron chi connectivity index (χ0n) is 15.0. The Kier molecular flexibility index (Phi) is 5.26. The highest BCUT2D eigenvalue weighted by Gasteiger charge is 2.16. The van der Waals surface area contributed by atoms with Crippen LogP contribution in [0.3, 0.4) is 0 Å². The molecular weight excluding hydrogens is 362 g/mol. The Morgan fingerprint density at radius 2 is 1.75 bits per heavy atom. The largest absolute Gasteiger partial charge is 0.507 e. The zero-order chi connectivity index (χ0) is 20.3. The lowest BCUT2D eigenvalue weighted by Gasteiger charge is -2.14. The molecule has 0 aliphatic rings. The van der Waals surface area contributed by atoms with Crippen LogP contribution in [0.2, 0.25) is 0 Å². The van der Waals surface area contributed by atoms with Crippen LogP contribution in [0.1, 0.15) is 11.1 Å². The number of aliphatic hydroxyl groups excluding tert-OH is 1. The monoisotopic (exact) mass is 379 g/mol. The van der Waals surface area contributed by atoms with E-state index in [9.17, 15) is 19.5 Å². The number of ketones is 1. The van der Waals surface area contributed by atoms with Gasteiger partial charge in [-0.05, 0) is 29.8 Å². The number of nitrogens with zero attached hydrogens (tertiary/aromatic N) is 1. The number of ether oxygens (including phenoxy) is 1. The van der Waals surface area contributed by atoms with Crippen molar-refractivity contribution in [2.75, 3.05) is 7.11 Å². The number of aromatic nitrogens is 1. The summed E-state index contributed by atoms with van der Waals surface area (Å²) in [6.45, 7) is 0.387. The summed E-state index contributed by atoms with van der Waals surface area (Å²) >= 11 is 0. The molecule has 0 spiro atoms. The number of hydrogen-bond donors (Lipinski definition) is 2. The number of carboxylic acid groups (broad SMARTS) is 1. The molecule has 7 nitrogen and oxygen atoms in total. The predicted molar refractivity (Wildman–Crippen MR) is 104 cm³/mol. The Labute approximate surface area is 159 Å². The highest BCUT2D eigenvalue weighted by atomic mass is 16.5. The molecule has 142 valence electrons. The van der Waals surface area contributed by atoms with E-state index in [1.807, 2.05) is 24.3 Å². The molecule has 0 aliphatic heterocycles. The maximum atomic E-state index is 12.7. The number of pyridine rings is 1. The number of carbonyl (C=O) groups is 2. The molecule has 28 heavy (non-hydrogen) atoms. The molecular formula is C21H17NO6. The minimum absolute atomic E-state index is 0.151. The van der Waals surface area contributed by atoms with Gasteiger partial charge >= 0.3 is 5.97 Å². The molecule has 1 aromatic heterocycles. The van der Waals surface area contributed by atoms with Gasteiger partial charge in [-0.15, -0.1) is 0 Å². The molecule has 1 heterocycles. The van der Waals surface area contributed by atoms with Crippen molar-refractivity contribution < 1.29 is 24.5 Å². The van der Waals surface area contributed by atoms with Crippen molar-refractivity contribution in [1.29, 1.82) is 0 Å². The molecule has 0 saturated carbocycles. The zero-order valence-corrected chi connectivity index (χ0v) is 15.0. The van der Waals surface area contributed by atoms with Crippen molar-refractivity contribution in [2.45, 2.75) is 6.54 Å². The average molecular weight is 379 g/mol. The summed E-state index contributed by atoms with van der Waals surface area (Å²) in [6, 6.07) is 14.2. The minimum Gasteiger partial charge on any atom is -0.507 e. The summed E-state index contributed by atoms with van der Waals surface area (Å²) in [7, 11) is 1.57. The number of para-hydroxylation sites is 1. The van der Waals surface area contributed by atoms with Crippen LogP contribution in [0, 0.1) is 0 Å². The maximum absolute atomic E-state index is 12.7. The number of hydrogen-bond acceptors (Lipinski definition) is 5. The number of carboxylic acids is 1. The van der Waals surface area contributed by atoms with E-state index >= 15 is 0 Å². The van der Waals surface area contributed by atoms with Crippen LogP contribution in [-0.2, 0) is 16.1 Å². The minimum atomic E-state index is -1.72. The number of methoxy groups -OCH3 is 1. The van der Waals surface area contributed by atoms with E-state index in [1.54, 1.807) is 35.9 Å². The molecule has 3 rings (SSSR count). The molecule has 0 amide bonds. The van der Waals surface area contributed by atoms with E-state index in [-0.39, 0.29) is 5.56 Å². The fraction of sp³-hybridized carbons (Fsp3) is 0.0952. The summed E-state index contributed by atoms with van der Waals surface area (Å²) in [5.74, 6) is -3.01. The number of aliphatic hydroxyl groups is 1. The summed E-state index contributed by atoms with van der Waals surface area (Å²) in [5.41, 5.74) is 0.922. The summed E-state index contributed by atoms with van der Waals surface area (Å²) < 4.78 is 6.90. The first-order valence-corrected chi connectivity index (χ1v) is 8.34. The van der Waals surface area contributed by atoms with E-state index < -0.39 is 22.9 Å². The van der Waals surface area contributed by atoms with Crippen LogP contribution < -0.4 is 10.2 Å². The molecule has 2 N–H and O–H groups in total. The van der Waals surface area contributed by atoms with Crippen molar-refractivity contribution in [3.05, 3.63) is 82.2 Å². The van der Waals surface area contributed by atoms with Gasteiger partial charge in [0.15, 0.2) is 5.43 Å². The van der Waals surface area contributed by atoms with E-state index in [0.29, 0.717) is 29.3 Å². The molecule has 0 unspecified atom stereocenters. The van der Waals surface area contributed by atoms with Gasteiger partial charge < -0.3 is 19.5 Å². The van der Waals surface area contributed by atoms with Gasteiger partial charge in [0.2, 0.25) is 0 Å². The third-order valence-corrected chi connectivity index (χ3v) is 4.25. The van der Waals surface area contributed by atoms with Crippen molar-refractivity contribution in [3.63, 3.8) is 0 Å². The summed E-state index contributed by atoms with van der Waals surface area (Å²) in [5, 5.41) is 19.2. The van der Waals surface area contributed by atoms with E-state index in [2.05, 4.69) is 0 Å². The third-order valence-electron chi connectivity index (χ3n) is 4.25. The molecule has 0 saturated heterocycles. The van der Waals surface area contributed by atoms with Crippen LogP contribution >= 0.6 is 0 Å². The fourth-order valence-electron chi connectivity index (χ4n) is 2.85. The normalized spacial score (nSPS) is 11.4. The molecule has 0 aliphatic carbocycles. The number of rotatable bonds is 6. The van der Waals surface area contributed by atoms with Gasteiger partial charge in [0.05, 0.1) is 18.2 Å². The Balaban J connectivity index is 2.13. The van der Waals surface area contributed by atoms with Gasteiger partial charge in [0.25, 0.3) is 5.78 Å². The van der Waals surface area contributed by atoms with Crippen LogP contribution in [0.15, 0.2) is 65.6 Å². The van der Waals surface area contributed by atoms with E-state index in [1.165, 1.54) is 6.20 Å². The second-order valence-electron chi connectivity index (χ2n) is 6.06. The fourth-order valence-corrected chi connectivity index (χ4v) is 2.85. The predicted octanol–water partition coefficient (Wildman–Crippen LogP) is 2.61. The smallest absolute Gasteiger partial charge is 0.376 e. The van der Waals surface area contributed by atoms with Crippen molar-refractivity contribution >= 4 is 28.4 Å². The lowest BCUT2D eigenvalue weighted by molar-refractivity contribution is -0.146. The lowest BCUT2D eigenvalue weighted by Crippen LogP contribution is -2.16. The van der Waals surface area contributed by atoms with Crippen molar-refractivity contribution in [3.8, 4) is 5.75 Å². The van der Waals surface area contributed by atoms with E-state index in [0.717, 1.165) is 5.56 Å². The van der Waals surface area contributed by atoms with E-state index in [4.69, 9.17) is 9.84 Å². The van der Waals surface area contributed by atoms with Gasteiger partial charge in [-0.25, -0.2) is 4.79 Å². The van der Waals surface area contributed by atoms with Crippen molar-refractivity contribution in [2.24, 2.45) is 0 Å². The highest BCUT2D eigenvalue weighted by Crippen LogP contribution is 2.18. The standard InChI is InChI=1S/C21H17NO6/c1-28-14-8-6-13(7-9-14)11-22-12-16(18(23)10-19(24)21(26)27)20(25)15-4-2-3-5-17(15)22/h2-10,12,23H,11H2,1H3,(H,26,27)/b18-10-. The Morgan fingerprint density at radius 3 is 2.39 bits per heavy atom. The second kappa shape index (κ2) is 7.79. The topological polar surface area (TPSA) is 106 Å². The average Bonchev–Trinajstić information content (AvgIpc) is 2.70. The number of carbonyl (C=O) groups excluding carboxylic acids is 1. The van der Waals surface area contributed by atoms with Gasteiger partial charge in [-0.1, -0.05) is 24.3 Å². The second-order valence-corrected chi connectivity index (χ2v) is 6.06. The molecule has 3 aromatic rings. The molecule has 2 aromatic carbocycles. The van der Waals surface area contributed by atoms with Crippen LogP contribution in [0.4, 0.5) is 0 Å². The highest BCUT2D eigenvalue weighted by molar-refractivity contribution is 6.38. The first kappa shape index (κ1) is 18.9. The van der Waals surface area contributed by atoms with Gasteiger partial charge in [0.1, 0.15) is 11.5 Å². The third kappa shape index (κ3) is 3.78. The number of benzene rings is 2.